The fourth-order valence-corrected chi connectivity index (χ4v) is 2.60. The van der Waals surface area contributed by atoms with Crippen LogP contribution in [0, 0.1) is 6.92 Å². The van der Waals surface area contributed by atoms with Crippen molar-refractivity contribution in [1.29, 1.82) is 0 Å². The molecule has 0 aliphatic carbocycles. The number of amides is 2. The number of likely N-dealkylation sites (tertiary alicyclic amines) is 1. The molecule has 1 fully saturated rings. The largest absolute Gasteiger partial charge is 0.399 e. The molecule has 1 heterocycles. The van der Waals surface area contributed by atoms with E-state index in [0.717, 1.165) is 18.4 Å². The average molecular weight is 289 g/mol. The lowest BCUT2D eigenvalue weighted by molar-refractivity contribution is -0.121. The second-order valence-corrected chi connectivity index (χ2v) is 5.56. The molecule has 1 aliphatic heterocycles. The first-order chi connectivity index (χ1) is 10.0. The molecule has 1 aliphatic rings. The van der Waals surface area contributed by atoms with Crippen LogP contribution in [0.5, 0.6) is 0 Å². The van der Waals surface area contributed by atoms with Gasteiger partial charge in [0.2, 0.25) is 5.91 Å². The molecule has 114 valence electrons. The van der Waals surface area contributed by atoms with E-state index in [1.165, 1.54) is 0 Å². The van der Waals surface area contributed by atoms with Gasteiger partial charge in [-0.15, -0.1) is 0 Å². The van der Waals surface area contributed by atoms with E-state index in [-0.39, 0.29) is 17.9 Å². The maximum Gasteiger partial charge on any atom is 0.254 e. The maximum atomic E-state index is 12.5. The molecule has 5 nitrogen and oxygen atoms in total. The van der Waals surface area contributed by atoms with Gasteiger partial charge < -0.3 is 16.0 Å². The van der Waals surface area contributed by atoms with Gasteiger partial charge in [0.25, 0.3) is 5.91 Å². The van der Waals surface area contributed by atoms with E-state index in [4.69, 9.17) is 5.73 Å². The Hall–Kier alpha value is -2.04. The van der Waals surface area contributed by atoms with E-state index in [1.54, 1.807) is 12.1 Å². The first-order valence-electron chi connectivity index (χ1n) is 7.46. The minimum atomic E-state index is 0.0278. The van der Waals surface area contributed by atoms with Crippen LogP contribution in [-0.4, -0.2) is 35.8 Å². The molecule has 1 saturated heterocycles. The summed E-state index contributed by atoms with van der Waals surface area (Å²) in [5.41, 5.74) is 7.99. The molecule has 0 aromatic heterocycles. The Labute approximate surface area is 125 Å². The number of aryl methyl sites for hydroxylation is 1. The summed E-state index contributed by atoms with van der Waals surface area (Å²) in [6.07, 6.45) is 2.11. The van der Waals surface area contributed by atoms with Gasteiger partial charge in [-0.3, -0.25) is 9.59 Å². The van der Waals surface area contributed by atoms with Crippen molar-refractivity contribution in [2.24, 2.45) is 0 Å². The highest BCUT2D eigenvalue weighted by molar-refractivity contribution is 5.96. The number of carbonyl (C=O) groups is 2. The molecule has 3 N–H and O–H groups in total. The number of nitrogen functional groups attached to an aromatic ring is 1. The van der Waals surface area contributed by atoms with Crippen molar-refractivity contribution >= 4 is 17.5 Å². The SMILES string of the molecule is CCC(=O)NC1CCN(C(=O)c2cc(N)ccc2C)CC1. The number of hydrogen-bond acceptors (Lipinski definition) is 3. The Morgan fingerprint density at radius 1 is 1.33 bits per heavy atom. The van der Waals surface area contributed by atoms with Crippen LogP contribution in [0.1, 0.15) is 42.1 Å². The number of nitrogens with zero attached hydrogens (tertiary/aromatic N) is 1. The van der Waals surface area contributed by atoms with E-state index >= 15 is 0 Å². The molecule has 1 aromatic carbocycles. The summed E-state index contributed by atoms with van der Waals surface area (Å²) in [6, 6.07) is 5.60. The third-order valence-corrected chi connectivity index (χ3v) is 3.96. The average Bonchev–Trinajstić information content (AvgIpc) is 2.49. The fraction of sp³-hybridized carbons (Fsp3) is 0.500. The lowest BCUT2D eigenvalue weighted by Crippen LogP contribution is -2.46. The first kappa shape index (κ1) is 15.4. The van der Waals surface area contributed by atoms with Gasteiger partial charge in [-0.05, 0) is 37.5 Å². The maximum absolute atomic E-state index is 12.5. The van der Waals surface area contributed by atoms with Crippen molar-refractivity contribution in [3.05, 3.63) is 29.3 Å². The van der Waals surface area contributed by atoms with Crippen LogP contribution in [-0.2, 0) is 4.79 Å². The van der Waals surface area contributed by atoms with Gasteiger partial charge in [-0.25, -0.2) is 0 Å². The van der Waals surface area contributed by atoms with E-state index < -0.39 is 0 Å². The summed E-state index contributed by atoms with van der Waals surface area (Å²) in [4.78, 5) is 25.8. The molecule has 1 aromatic rings. The number of piperidine rings is 1. The Morgan fingerprint density at radius 3 is 2.62 bits per heavy atom. The molecule has 0 saturated carbocycles. The highest BCUT2D eigenvalue weighted by Gasteiger charge is 2.25. The van der Waals surface area contributed by atoms with Crippen LogP contribution < -0.4 is 11.1 Å². The summed E-state index contributed by atoms with van der Waals surface area (Å²) in [5, 5.41) is 2.99. The van der Waals surface area contributed by atoms with E-state index in [2.05, 4.69) is 5.32 Å². The standard InChI is InChI=1S/C16H23N3O2/c1-3-15(20)18-13-6-8-19(9-7-13)16(21)14-10-12(17)5-4-11(14)2/h4-5,10,13H,3,6-9,17H2,1-2H3,(H,18,20). The van der Waals surface area contributed by atoms with E-state index in [0.29, 0.717) is 30.8 Å². The molecule has 0 spiro atoms. The summed E-state index contributed by atoms with van der Waals surface area (Å²) in [5.74, 6) is 0.103. The number of anilines is 1. The Morgan fingerprint density at radius 2 is 2.00 bits per heavy atom. The number of carbonyl (C=O) groups excluding carboxylic acids is 2. The molecule has 5 heteroatoms. The van der Waals surface area contributed by atoms with Gasteiger partial charge in [0, 0.05) is 36.8 Å². The zero-order valence-corrected chi connectivity index (χ0v) is 12.7. The van der Waals surface area contributed by atoms with Crippen LogP contribution in [0.3, 0.4) is 0 Å². The lowest BCUT2D eigenvalue weighted by Gasteiger charge is -2.32. The van der Waals surface area contributed by atoms with Crippen LogP contribution >= 0.6 is 0 Å². The van der Waals surface area contributed by atoms with Crippen molar-refractivity contribution < 1.29 is 9.59 Å². The predicted molar refractivity (Wildman–Crippen MR) is 83.0 cm³/mol. The van der Waals surface area contributed by atoms with E-state index in [9.17, 15) is 9.59 Å². The molecular weight excluding hydrogens is 266 g/mol. The van der Waals surface area contributed by atoms with Gasteiger partial charge in [0.1, 0.15) is 0 Å². The fourth-order valence-electron chi connectivity index (χ4n) is 2.60. The first-order valence-corrected chi connectivity index (χ1v) is 7.46. The third-order valence-electron chi connectivity index (χ3n) is 3.96. The molecule has 0 unspecified atom stereocenters. The number of nitrogens with two attached hydrogens (primary N) is 1. The van der Waals surface area contributed by atoms with Gasteiger partial charge in [0.15, 0.2) is 0 Å². The lowest BCUT2D eigenvalue weighted by atomic mass is 10.0. The summed E-state index contributed by atoms with van der Waals surface area (Å²) < 4.78 is 0. The van der Waals surface area contributed by atoms with Gasteiger partial charge in [-0.1, -0.05) is 13.0 Å². The number of benzene rings is 1. The number of hydrogen-bond donors (Lipinski definition) is 2. The zero-order chi connectivity index (χ0) is 15.4. The van der Waals surface area contributed by atoms with E-state index in [1.807, 2.05) is 24.8 Å². The van der Waals surface area contributed by atoms with Crippen molar-refractivity contribution in [2.75, 3.05) is 18.8 Å². The third kappa shape index (κ3) is 3.74. The number of rotatable bonds is 3. The minimum Gasteiger partial charge on any atom is -0.399 e. The van der Waals surface area contributed by atoms with Crippen molar-refractivity contribution in [3.63, 3.8) is 0 Å². The minimum absolute atomic E-state index is 0.0278. The second kappa shape index (κ2) is 6.61. The highest BCUT2D eigenvalue weighted by atomic mass is 16.2. The monoisotopic (exact) mass is 289 g/mol. The normalized spacial score (nSPS) is 15.8. The molecule has 21 heavy (non-hydrogen) atoms. The predicted octanol–water partition coefficient (Wildman–Crippen LogP) is 1.71. The highest BCUT2D eigenvalue weighted by Crippen LogP contribution is 2.18. The van der Waals surface area contributed by atoms with Crippen LogP contribution in [0.2, 0.25) is 0 Å². The Balaban J connectivity index is 1.97. The van der Waals surface area contributed by atoms with Crippen molar-refractivity contribution in [2.45, 2.75) is 39.2 Å². The number of nitrogens with one attached hydrogen (secondary N) is 1. The van der Waals surface area contributed by atoms with Crippen LogP contribution in [0.4, 0.5) is 5.69 Å². The van der Waals surface area contributed by atoms with Crippen molar-refractivity contribution in [1.82, 2.24) is 10.2 Å². The molecule has 0 radical (unpaired) electrons. The molecule has 2 rings (SSSR count). The summed E-state index contributed by atoms with van der Waals surface area (Å²) >= 11 is 0. The quantitative estimate of drug-likeness (QED) is 0.832. The smallest absolute Gasteiger partial charge is 0.254 e. The van der Waals surface area contributed by atoms with Crippen LogP contribution in [0.25, 0.3) is 0 Å². The Kier molecular flexibility index (Phi) is 4.83. The topological polar surface area (TPSA) is 75.4 Å². The molecular formula is C16H23N3O2. The molecule has 0 bridgehead atoms. The van der Waals surface area contributed by atoms with Gasteiger partial charge >= 0.3 is 0 Å². The van der Waals surface area contributed by atoms with Crippen LogP contribution in [0.15, 0.2) is 18.2 Å². The Bertz CT molecular complexity index is 534. The molecule has 0 atom stereocenters. The van der Waals surface area contributed by atoms with Crippen molar-refractivity contribution in [3.8, 4) is 0 Å². The zero-order valence-electron chi connectivity index (χ0n) is 12.7. The second-order valence-electron chi connectivity index (χ2n) is 5.56. The molecule has 2 amide bonds. The van der Waals surface area contributed by atoms with Gasteiger partial charge in [-0.2, -0.15) is 0 Å². The summed E-state index contributed by atoms with van der Waals surface area (Å²) in [6.45, 7) is 5.10. The summed E-state index contributed by atoms with van der Waals surface area (Å²) in [7, 11) is 0. The van der Waals surface area contributed by atoms with Gasteiger partial charge in [0.05, 0.1) is 0 Å².